The van der Waals surface area contributed by atoms with E-state index >= 15 is 0 Å². The van der Waals surface area contributed by atoms with Gasteiger partial charge in [-0.2, -0.15) is 0 Å². The minimum atomic E-state index is -0.465. The number of likely N-dealkylation sites (N-methyl/N-ethyl adjacent to an activating group) is 1. The summed E-state index contributed by atoms with van der Waals surface area (Å²) in [5.41, 5.74) is 0.412. The van der Waals surface area contributed by atoms with Crippen LogP contribution in [0.1, 0.15) is 39.3 Å². The summed E-state index contributed by atoms with van der Waals surface area (Å²) in [6.07, 6.45) is 3.44. The Hall–Kier alpha value is -1.40. The zero-order valence-electron chi connectivity index (χ0n) is 14.3. The van der Waals surface area contributed by atoms with E-state index in [1.54, 1.807) is 11.1 Å². The maximum absolute atomic E-state index is 12.2. The molecule has 23 heavy (non-hydrogen) atoms. The van der Waals surface area contributed by atoms with Crippen molar-refractivity contribution < 1.29 is 9.53 Å². The SMILES string of the molecule is CN(Cc1ccnc(Cl)n1)[C@H]1CCCN(C(=O)OC(C)(C)C)C1. The molecule has 1 amide bonds. The Labute approximate surface area is 142 Å². The molecule has 6 nitrogen and oxygen atoms in total. The highest BCUT2D eigenvalue weighted by Crippen LogP contribution is 2.19. The van der Waals surface area contributed by atoms with Gasteiger partial charge in [0.15, 0.2) is 0 Å². The van der Waals surface area contributed by atoms with Crippen LogP contribution in [-0.2, 0) is 11.3 Å². The van der Waals surface area contributed by atoms with Gasteiger partial charge in [0, 0.05) is 31.9 Å². The molecule has 1 fully saturated rings. The number of hydrogen-bond acceptors (Lipinski definition) is 5. The third-order valence-corrected chi connectivity index (χ3v) is 3.95. The maximum atomic E-state index is 12.2. The highest BCUT2D eigenvalue weighted by Gasteiger charge is 2.29. The summed E-state index contributed by atoms with van der Waals surface area (Å²) in [6, 6.07) is 2.14. The van der Waals surface area contributed by atoms with Crippen molar-refractivity contribution in [2.24, 2.45) is 0 Å². The molecule has 2 rings (SSSR count). The van der Waals surface area contributed by atoms with Crippen LogP contribution < -0.4 is 0 Å². The largest absolute Gasteiger partial charge is 0.444 e. The Morgan fingerprint density at radius 2 is 2.26 bits per heavy atom. The molecular weight excluding hydrogens is 316 g/mol. The second-order valence-electron chi connectivity index (χ2n) is 6.95. The Morgan fingerprint density at radius 3 is 2.91 bits per heavy atom. The molecule has 128 valence electrons. The molecule has 0 unspecified atom stereocenters. The fraction of sp³-hybridized carbons (Fsp3) is 0.688. The van der Waals surface area contributed by atoms with Crippen molar-refractivity contribution in [3.05, 3.63) is 23.2 Å². The van der Waals surface area contributed by atoms with Gasteiger partial charge >= 0.3 is 6.09 Å². The number of carbonyl (C=O) groups is 1. The highest BCUT2D eigenvalue weighted by molar-refractivity contribution is 6.28. The van der Waals surface area contributed by atoms with Gasteiger partial charge in [0.2, 0.25) is 5.28 Å². The Bertz CT molecular complexity index is 547. The summed E-state index contributed by atoms with van der Waals surface area (Å²) in [5.74, 6) is 0. The second kappa shape index (κ2) is 7.45. The molecule has 1 aromatic rings. The van der Waals surface area contributed by atoms with Crippen LogP contribution in [-0.4, -0.2) is 57.6 Å². The van der Waals surface area contributed by atoms with Crippen LogP contribution >= 0.6 is 11.6 Å². The molecule has 7 heteroatoms. The van der Waals surface area contributed by atoms with Crippen LogP contribution in [0.15, 0.2) is 12.3 Å². The van der Waals surface area contributed by atoms with Gasteiger partial charge < -0.3 is 9.64 Å². The van der Waals surface area contributed by atoms with Crippen LogP contribution in [0.5, 0.6) is 0 Å². The third-order valence-electron chi connectivity index (χ3n) is 3.77. The predicted molar refractivity (Wildman–Crippen MR) is 89.3 cm³/mol. The van der Waals surface area contributed by atoms with Crippen molar-refractivity contribution in [2.75, 3.05) is 20.1 Å². The first-order chi connectivity index (χ1) is 10.7. The predicted octanol–water partition coefficient (Wildman–Crippen LogP) is 2.96. The van der Waals surface area contributed by atoms with E-state index in [0.717, 1.165) is 25.1 Å². The van der Waals surface area contributed by atoms with E-state index < -0.39 is 5.60 Å². The number of aromatic nitrogens is 2. The molecule has 1 atom stereocenters. The number of nitrogens with zero attached hydrogens (tertiary/aromatic N) is 4. The summed E-state index contributed by atoms with van der Waals surface area (Å²) in [7, 11) is 2.04. The number of carbonyl (C=O) groups excluding carboxylic acids is 1. The van der Waals surface area contributed by atoms with Crippen LogP contribution in [0, 0.1) is 0 Å². The van der Waals surface area contributed by atoms with Crippen molar-refractivity contribution >= 4 is 17.7 Å². The first-order valence-corrected chi connectivity index (χ1v) is 8.28. The van der Waals surface area contributed by atoms with Crippen molar-refractivity contribution in [1.82, 2.24) is 19.8 Å². The van der Waals surface area contributed by atoms with Crippen LogP contribution in [0.25, 0.3) is 0 Å². The maximum Gasteiger partial charge on any atom is 0.410 e. The molecule has 0 aromatic carbocycles. The lowest BCUT2D eigenvalue weighted by molar-refractivity contribution is 0.0120. The minimum absolute atomic E-state index is 0.235. The first kappa shape index (κ1) is 17.9. The fourth-order valence-electron chi connectivity index (χ4n) is 2.65. The van der Waals surface area contributed by atoms with Crippen molar-refractivity contribution in [2.45, 2.75) is 51.8 Å². The summed E-state index contributed by atoms with van der Waals surface area (Å²) in [6.45, 7) is 7.75. The van der Waals surface area contributed by atoms with Crippen LogP contribution in [0.2, 0.25) is 5.28 Å². The zero-order chi connectivity index (χ0) is 17.0. The van der Waals surface area contributed by atoms with E-state index in [9.17, 15) is 4.79 Å². The second-order valence-corrected chi connectivity index (χ2v) is 7.29. The molecule has 1 aromatic heterocycles. The van der Waals surface area contributed by atoms with Crippen molar-refractivity contribution in [3.63, 3.8) is 0 Å². The van der Waals surface area contributed by atoms with Crippen molar-refractivity contribution in [3.8, 4) is 0 Å². The molecule has 0 aliphatic carbocycles. The number of halogens is 1. The number of piperidine rings is 1. The van der Waals surface area contributed by atoms with Gasteiger partial charge in [-0.05, 0) is 58.3 Å². The van der Waals surface area contributed by atoms with E-state index in [-0.39, 0.29) is 17.4 Å². The van der Waals surface area contributed by atoms with Crippen molar-refractivity contribution in [1.29, 1.82) is 0 Å². The van der Waals surface area contributed by atoms with Gasteiger partial charge in [-0.15, -0.1) is 0 Å². The van der Waals surface area contributed by atoms with E-state index in [4.69, 9.17) is 16.3 Å². The molecule has 0 spiro atoms. The molecule has 2 heterocycles. The summed E-state index contributed by atoms with van der Waals surface area (Å²) in [5, 5.41) is 0.259. The standard InChI is InChI=1S/C16H25ClN4O2/c1-16(2,3)23-15(22)21-9-5-6-13(11-21)20(4)10-12-7-8-18-14(17)19-12/h7-8,13H,5-6,9-11H2,1-4H3/t13-/m0/s1. The monoisotopic (exact) mass is 340 g/mol. The molecule has 0 N–H and O–H groups in total. The quantitative estimate of drug-likeness (QED) is 0.792. The van der Waals surface area contributed by atoms with E-state index in [1.165, 1.54) is 0 Å². The van der Waals surface area contributed by atoms with Crippen LogP contribution in [0.4, 0.5) is 4.79 Å². The van der Waals surface area contributed by atoms with Gasteiger partial charge in [-0.1, -0.05) is 0 Å². The smallest absolute Gasteiger partial charge is 0.410 e. The number of likely N-dealkylation sites (tertiary alicyclic amines) is 1. The molecule has 0 saturated carbocycles. The fourth-order valence-corrected chi connectivity index (χ4v) is 2.81. The van der Waals surface area contributed by atoms with E-state index in [2.05, 4.69) is 14.9 Å². The number of rotatable bonds is 3. The first-order valence-electron chi connectivity index (χ1n) is 7.90. The highest BCUT2D eigenvalue weighted by atomic mass is 35.5. The molecule has 1 saturated heterocycles. The molecular formula is C16H25ClN4O2. The summed E-state index contributed by atoms with van der Waals surface area (Å²) < 4.78 is 5.47. The lowest BCUT2D eigenvalue weighted by atomic mass is 10.0. The minimum Gasteiger partial charge on any atom is -0.444 e. The van der Waals surface area contributed by atoms with Gasteiger partial charge in [0.05, 0.1) is 5.69 Å². The number of amides is 1. The Kier molecular flexibility index (Phi) is 5.81. The normalized spacial score (nSPS) is 19.0. The Morgan fingerprint density at radius 1 is 1.52 bits per heavy atom. The number of hydrogen-bond donors (Lipinski definition) is 0. The molecule has 1 aliphatic rings. The average molecular weight is 341 g/mol. The third kappa shape index (κ3) is 5.62. The lowest BCUT2D eigenvalue weighted by Gasteiger charge is -2.38. The van der Waals surface area contributed by atoms with Gasteiger partial charge in [-0.25, -0.2) is 14.8 Å². The molecule has 0 bridgehead atoms. The van der Waals surface area contributed by atoms with Crippen LogP contribution in [0.3, 0.4) is 0 Å². The summed E-state index contributed by atoms with van der Waals surface area (Å²) >= 11 is 5.83. The molecule has 0 radical (unpaired) electrons. The van der Waals surface area contributed by atoms with Gasteiger partial charge in [0.1, 0.15) is 5.60 Å². The number of ether oxygens (including phenoxy) is 1. The Balaban J connectivity index is 1.93. The van der Waals surface area contributed by atoms with E-state index in [0.29, 0.717) is 13.1 Å². The van der Waals surface area contributed by atoms with Gasteiger partial charge in [-0.3, -0.25) is 4.90 Å². The lowest BCUT2D eigenvalue weighted by Crippen LogP contribution is -2.49. The van der Waals surface area contributed by atoms with E-state index in [1.807, 2.05) is 33.9 Å². The molecule has 1 aliphatic heterocycles. The van der Waals surface area contributed by atoms with Gasteiger partial charge in [0.25, 0.3) is 0 Å². The topological polar surface area (TPSA) is 58.6 Å². The average Bonchev–Trinajstić information content (AvgIpc) is 2.45. The zero-order valence-corrected chi connectivity index (χ0v) is 15.0. The summed E-state index contributed by atoms with van der Waals surface area (Å²) in [4.78, 5) is 24.3.